The van der Waals surface area contributed by atoms with E-state index < -0.39 is 35.7 Å². The van der Waals surface area contributed by atoms with Crippen molar-refractivity contribution < 1.29 is 33.4 Å². The zero-order valence-corrected chi connectivity index (χ0v) is 23.1. The minimum Gasteiger partial charge on any atom is -0.593 e. The first-order valence-corrected chi connectivity index (χ1v) is 14.5. The van der Waals surface area contributed by atoms with E-state index in [1.54, 1.807) is 31.4 Å². The van der Waals surface area contributed by atoms with Crippen LogP contribution in [-0.4, -0.2) is 103 Å². The fraction of sp³-hybridized carbons (Fsp3) is 0.536. The van der Waals surface area contributed by atoms with Crippen LogP contribution in [0.5, 0.6) is 5.75 Å². The van der Waals surface area contributed by atoms with Gasteiger partial charge in [0.05, 0.1) is 62.3 Å². The van der Waals surface area contributed by atoms with Gasteiger partial charge in [0, 0.05) is 13.1 Å². The number of nitrogens with one attached hydrogen (secondary N) is 1. The van der Waals surface area contributed by atoms with Gasteiger partial charge < -0.3 is 38.8 Å². The second kappa shape index (κ2) is 12.9. The number of carbonyl (C=O) groups is 1. The Hall–Kier alpha value is -2.38. The summed E-state index contributed by atoms with van der Waals surface area (Å²) in [4.78, 5) is 15.8. The maximum absolute atomic E-state index is 13.7. The molecular weight excluding hydrogens is 522 g/mol. The van der Waals surface area contributed by atoms with E-state index >= 15 is 0 Å². The highest BCUT2D eigenvalue weighted by Gasteiger charge is 2.44. The van der Waals surface area contributed by atoms with Crippen molar-refractivity contribution in [2.75, 3.05) is 47.0 Å². The van der Waals surface area contributed by atoms with Crippen LogP contribution in [0, 0.1) is 5.92 Å². The number of fused-ring (bicyclic) bond motifs is 1. The van der Waals surface area contributed by atoms with Crippen LogP contribution in [0.3, 0.4) is 0 Å². The first-order valence-electron chi connectivity index (χ1n) is 13.3. The molecule has 0 aliphatic carbocycles. The molecule has 3 fully saturated rings. The molecule has 1 amide bonds. The normalized spacial score (nSPS) is 25.5. The van der Waals surface area contributed by atoms with Crippen molar-refractivity contribution in [2.24, 2.45) is 5.92 Å². The molecule has 3 aliphatic heterocycles. The maximum Gasteiger partial charge on any atom is 0.407 e. The summed E-state index contributed by atoms with van der Waals surface area (Å²) in [5.41, 5.74) is 0.960. The number of ether oxygens (including phenoxy) is 4. The number of amides is 1. The molecule has 0 saturated carbocycles. The average molecular weight is 560 g/mol. The van der Waals surface area contributed by atoms with Gasteiger partial charge in [-0.25, -0.2) is 4.79 Å². The fourth-order valence-electron chi connectivity index (χ4n) is 5.36. The summed E-state index contributed by atoms with van der Waals surface area (Å²) in [6, 6.07) is 16.1. The summed E-state index contributed by atoms with van der Waals surface area (Å²) in [7, 11) is 3.59. The number of carbonyl (C=O) groups excluding carboxylic acids is 1. The number of rotatable bonds is 11. The van der Waals surface area contributed by atoms with Gasteiger partial charge in [-0.3, -0.25) is 0 Å². The number of aliphatic hydroxyl groups excluding tert-OH is 1. The lowest BCUT2D eigenvalue weighted by Gasteiger charge is -2.43. The summed E-state index contributed by atoms with van der Waals surface area (Å²) < 4.78 is 37.6. The van der Waals surface area contributed by atoms with E-state index in [9.17, 15) is 14.5 Å². The van der Waals surface area contributed by atoms with Crippen LogP contribution >= 0.6 is 0 Å². The van der Waals surface area contributed by atoms with Crippen LogP contribution < -0.4 is 10.1 Å². The molecule has 11 heteroatoms. The van der Waals surface area contributed by atoms with E-state index in [0.29, 0.717) is 30.3 Å². The number of nitrogens with zero attached hydrogens (tertiary/aromatic N) is 2. The molecule has 2 N–H and O–H groups in total. The van der Waals surface area contributed by atoms with Crippen LogP contribution in [0.1, 0.15) is 12.0 Å². The van der Waals surface area contributed by atoms with Crippen molar-refractivity contribution in [3.63, 3.8) is 0 Å². The van der Waals surface area contributed by atoms with Crippen molar-refractivity contribution >= 4 is 17.5 Å². The Morgan fingerprint density at radius 1 is 1.21 bits per heavy atom. The molecule has 5 rings (SSSR count). The largest absolute Gasteiger partial charge is 0.593 e. The number of likely N-dealkylation sites (tertiary alicyclic amines) is 1. The smallest absolute Gasteiger partial charge is 0.407 e. The van der Waals surface area contributed by atoms with Gasteiger partial charge in [0.15, 0.2) is 11.2 Å². The van der Waals surface area contributed by atoms with Crippen LogP contribution in [0.2, 0.25) is 0 Å². The quantitative estimate of drug-likeness (QED) is 0.398. The van der Waals surface area contributed by atoms with E-state index in [2.05, 4.69) is 10.2 Å². The second-order valence-electron chi connectivity index (χ2n) is 10.4. The third kappa shape index (κ3) is 6.86. The molecule has 1 unspecified atom stereocenters. The summed E-state index contributed by atoms with van der Waals surface area (Å²) in [6.45, 7) is 2.46. The van der Waals surface area contributed by atoms with Crippen LogP contribution in [0.15, 0.2) is 59.5 Å². The molecule has 3 aliphatic rings. The number of methoxy groups -OCH3 is 1. The lowest BCUT2D eigenvalue weighted by Crippen LogP contribution is -2.62. The minimum atomic E-state index is -1.51. The molecular formula is C28H37N3O7S. The molecule has 0 radical (unpaired) electrons. The van der Waals surface area contributed by atoms with Gasteiger partial charge in [-0.15, -0.1) is 4.31 Å². The van der Waals surface area contributed by atoms with Gasteiger partial charge in [0.25, 0.3) is 0 Å². The zero-order valence-electron chi connectivity index (χ0n) is 22.3. The third-order valence-electron chi connectivity index (χ3n) is 7.60. The molecule has 3 saturated heterocycles. The molecule has 0 bridgehead atoms. The van der Waals surface area contributed by atoms with E-state index in [0.717, 1.165) is 25.1 Å². The van der Waals surface area contributed by atoms with Gasteiger partial charge in [-0.2, -0.15) is 0 Å². The summed E-state index contributed by atoms with van der Waals surface area (Å²) in [5, 5.41) is 14.4. The highest BCUT2D eigenvalue weighted by atomic mass is 32.2. The molecule has 3 heterocycles. The van der Waals surface area contributed by atoms with Crippen LogP contribution in [0.4, 0.5) is 4.79 Å². The minimum absolute atomic E-state index is 0.00634. The molecule has 0 aromatic heterocycles. The molecule has 6 atom stereocenters. The maximum atomic E-state index is 13.7. The Morgan fingerprint density at radius 2 is 1.95 bits per heavy atom. The Bertz CT molecular complexity index is 1070. The third-order valence-corrected chi connectivity index (χ3v) is 9.15. The van der Waals surface area contributed by atoms with Gasteiger partial charge >= 0.3 is 6.09 Å². The second-order valence-corrected chi connectivity index (χ2v) is 11.8. The highest BCUT2D eigenvalue weighted by molar-refractivity contribution is 7.89. The van der Waals surface area contributed by atoms with E-state index in [1.807, 2.05) is 41.7 Å². The Balaban J connectivity index is 1.29. The van der Waals surface area contributed by atoms with Crippen molar-refractivity contribution in [3.05, 3.63) is 60.2 Å². The van der Waals surface area contributed by atoms with Crippen molar-refractivity contribution in [2.45, 2.75) is 48.3 Å². The molecule has 2 aromatic rings. The monoisotopic (exact) mass is 559 g/mol. The Labute approximate surface area is 232 Å². The first kappa shape index (κ1) is 28.2. The van der Waals surface area contributed by atoms with Gasteiger partial charge in [0.2, 0.25) is 0 Å². The van der Waals surface area contributed by atoms with Crippen LogP contribution in [0.25, 0.3) is 0 Å². The zero-order chi connectivity index (χ0) is 27.4. The average Bonchev–Trinajstić information content (AvgIpc) is 3.55. The predicted molar refractivity (Wildman–Crippen MR) is 145 cm³/mol. The van der Waals surface area contributed by atoms with E-state index in [-0.39, 0.29) is 24.8 Å². The Kier molecular flexibility index (Phi) is 9.28. The molecule has 10 nitrogen and oxygen atoms in total. The number of likely N-dealkylation sites (N-methyl/N-ethyl adjacent to an activating group) is 1. The van der Waals surface area contributed by atoms with Crippen molar-refractivity contribution in [1.82, 2.24) is 14.5 Å². The highest BCUT2D eigenvalue weighted by Crippen LogP contribution is 2.33. The van der Waals surface area contributed by atoms with E-state index in [1.165, 1.54) is 0 Å². The predicted octanol–water partition coefficient (Wildman–Crippen LogP) is 1.79. The van der Waals surface area contributed by atoms with E-state index in [4.69, 9.17) is 18.9 Å². The standard InChI is InChI=1S/C28H37N3O7S/c1-30-15-20(16-30)31(39(34)22-10-8-21(35-2)9-11-22)17-25(32)24(14-19-6-4-3-5-7-19)29-28(33)38-26-18-37-27-23(26)12-13-36-27/h3-11,20,23-27,32H,12-18H2,1-2H3,(H,29,33)/t23-,24+,25-,26-,27+,39?/m1/s1. The topological polar surface area (TPSA) is 116 Å². The summed E-state index contributed by atoms with van der Waals surface area (Å²) in [6.07, 6.45) is -1.16. The van der Waals surface area contributed by atoms with Gasteiger partial charge in [0.1, 0.15) is 11.9 Å². The Morgan fingerprint density at radius 3 is 2.64 bits per heavy atom. The summed E-state index contributed by atoms with van der Waals surface area (Å²) >= 11 is -1.51. The molecule has 2 aromatic carbocycles. The lowest BCUT2D eigenvalue weighted by atomic mass is 10.0. The number of aliphatic hydroxyl groups is 1. The van der Waals surface area contributed by atoms with Crippen LogP contribution in [-0.2, 0) is 32.0 Å². The van der Waals surface area contributed by atoms with Crippen molar-refractivity contribution in [1.29, 1.82) is 0 Å². The molecule has 39 heavy (non-hydrogen) atoms. The number of benzene rings is 2. The number of hydrogen-bond acceptors (Lipinski definition) is 9. The van der Waals surface area contributed by atoms with Gasteiger partial charge in [-0.1, -0.05) is 30.3 Å². The number of alkyl carbamates (subject to hydrolysis) is 1. The molecule has 212 valence electrons. The first-order chi connectivity index (χ1) is 18.9. The number of hydrogen-bond donors (Lipinski definition) is 2. The van der Waals surface area contributed by atoms with Crippen molar-refractivity contribution in [3.8, 4) is 5.75 Å². The molecule has 0 spiro atoms. The summed E-state index contributed by atoms with van der Waals surface area (Å²) in [5.74, 6) is 0.700. The fourth-order valence-corrected chi connectivity index (χ4v) is 6.69. The lowest BCUT2D eigenvalue weighted by molar-refractivity contribution is -0.0907. The van der Waals surface area contributed by atoms with Gasteiger partial charge in [-0.05, 0) is 49.7 Å². The SMILES string of the molecule is COc1ccc([S+]([O-])N(C[C@@H](O)[C@H](Cc2ccccc2)NC(=O)O[C@@H]2CO[C@@H]3OCC[C@@H]32)C2CN(C)C2)cc1.